The van der Waals surface area contributed by atoms with E-state index in [9.17, 15) is 5.11 Å². The largest absolute Gasteiger partial charge is 0.391 e. The molecule has 4 nitrogen and oxygen atoms in total. The van der Waals surface area contributed by atoms with Gasteiger partial charge in [0.15, 0.2) is 0 Å². The smallest absolute Gasteiger partial charge is 0.0785 e. The molecule has 0 heterocycles. The Labute approximate surface area is 93.0 Å². The van der Waals surface area contributed by atoms with Crippen molar-refractivity contribution in [1.82, 2.24) is 5.32 Å². The maximum Gasteiger partial charge on any atom is 0.0785 e. The molecule has 15 heavy (non-hydrogen) atoms. The Kier molecular flexibility index (Phi) is 10.3. The second-order valence-corrected chi connectivity index (χ2v) is 4.12. The first-order valence-electron chi connectivity index (χ1n) is 5.62. The van der Waals surface area contributed by atoms with E-state index < -0.39 is 0 Å². The molecular formula is C11H25NO3. The minimum atomic E-state index is -0.362. The number of ether oxygens (including phenoxy) is 2. The van der Waals surface area contributed by atoms with Crippen molar-refractivity contribution in [2.45, 2.75) is 26.4 Å². The first-order valence-corrected chi connectivity index (χ1v) is 5.62. The maximum atomic E-state index is 9.33. The van der Waals surface area contributed by atoms with Gasteiger partial charge >= 0.3 is 0 Å². The molecule has 0 saturated heterocycles. The second kappa shape index (κ2) is 10.4. The van der Waals surface area contributed by atoms with Crippen LogP contribution in [0.15, 0.2) is 0 Å². The van der Waals surface area contributed by atoms with Crippen molar-refractivity contribution >= 4 is 0 Å². The van der Waals surface area contributed by atoms with Crippen LogP contribution in [0.2, 0.25) is 0 Å². The molecule has 0 amide bonds. The number of rotatable bonds is 10. The molecule has 0 radical (unpaired) electrons. The van der Waals surface area contributed by atoms with Crippen molar-refractivity contribution < 1.29 is 14.6 Å². The molecule has 0 rings (SSSR count). The molecule has 1 unspecified atom stereocenters. The summed E-state index contributed by atoms with van der Waals surface area (Å²) in [7, 11) is 1.59. The average Bonchev–Trinajstić information content (AvgIpc) is 2.16. The Balaban J connectivity index is 3.04. The molecule has 92 valence electrons. The Morgan fingerprint density at radius 1 is 1.20 bits per heavy atom. The average molecular weight is 219 g/mol. The van der Waals surface area contributed by atoms with Crippen LogP contribution in [0.4, 0.5) is 0 Å². The zero-order chi connectivity index (χ0) is 11.5. The summed E-state index contributed by atoms with van der Waals surface area (Å²) in [4.78, 5) is 0. The number of hydrogen-bond donors (Lipinski definition) is 2. The summed E-state index contributed by atoms with van der Waals surface area (Å²) in [5.41, 5.74) is 0. The number of aliphatic hydroxyl groups excluding tert-OH is 1. The molecule has 0 spiro atoms. The van der Waals surface area contributed by atoms with Gasteiger partial charge < -0.3 is 19.9 Å². The molecule has 0 aromatic heterocycles. The van der Waals surface area contributed by atoms with Gasteiger partial charge in [-0.05, 0) is 18.9 Å². The Morgan fingerprint density at radius 3 is 2.53 bits per heavy atom. The van der Waals surface area contributed by atoms with Gasteiger partial charge in [-0.25, -0.2) is 0 Å². The van der Waals surface area contributed by atoms with Crippen molar-refractivity contribution in [3.63, 3.8) is 0 Å². The van der Waals surface area contributed by atoms with Gasteiger partial charge in [0.2, 0.25) is 0 Å². The van der Waals surface area contributed by atoms with E-state index in [-0.39, 0.29) is 6.10 Å². The van der Waals surface area contributed by atoms with Crippen molar-refractivity contribution in [1.29, 1.82) is 0 Å². The summed E-state index contributed by atoms with van der Waals surface area (Å²) >= 11 is 0. The van der Waals surface area contributed by atoms with Gasteiger partial charge in [0.25, 0.3) is 0 Å². The Hall–Kier alpha value is -0.160. The highest BCUT2D eigenvalue weighted by atomic mass is 16.5. The summed E-state index contributed by atoms with van der Waals surface area (Å²) in [5, 5.41) is 12.5. The molecule has 4 heteroatoms. The third-order valence-electron chi connectivity index (χ3n) is 1.89. The van der Waals surface area contributed by atoms with Crippen LogP contribution in [0.1, 0.15) is 20.3 Å². The standard InChI is InChI=1S/C11H25NO3/c1-10(2)8-15-7-6-12-5-4-11(13)9-14-3/h10-13H,4-9H2,1-3H3. The molecule has 0 saturated carbocycles. The number of aliphatic hydroxyl groups is 1. The predicted molar refractivity (Wildman–Crippen MR) is 61.0 cm³/mol. The first-order chi connectivity index (χ1) is 7.16. The third kappa shape index (κ3) is 11.8. The Bertz CT molecular complexity index is 131. The molecule has 0 aliphatic heterocycles. The SMILES string of the molecule is COCC(O)CCNCCOCC(C)C. The van der Waals surface area contributed by atoms with Crippen LogP contribution >= 0.6 is 0 Å². The fourth-order valence-electron chi connectivity index (χ4n) is 1.13. The van der Waals surface area contributed by atoms with Crippen LogP contribution in [0.25, 0.3) is 0 Å². The monoisotopic (exact) mass is 219 g/mol. The highest BCUT2D eigenvalue weighted by Gasteiger charge is 2.01. The van der Waals surface area contributed by atoms with Crippen LogP contribution in [-0.2, 0) is 9.47 Å². The zero-order valence-electron chi connectivity index (χ0n) is 10.2. The summed E-state index contributed by atoms with van der Waals surface area (Å²) in [6.45, 7) is 7.86. The Morgan fingerprint density at radius 2 is 1.93 bits per heavy atom. The van der Waals surface area contributed by atoms with E-state index in [0.717, 1.165) is 32.7 Å². The van der Waals surface area contributed by atoms with E-state index in [1.807, 2.05) is 0 Å². The van der Waals surface area contributed by atoms with Crippen LogP contribution in [0, 0.1) is 5.92 Å². The molecular weight excluding hydrogens is 194 g/mol. The summed E-state index contributed by atoms with van der Waals surface area (Å²) in [5.74, 6) is 0.591. The minimum absolute atomic E-state index is 0.362. The minimum Gasteiger partial charge on any atom is -0.391 e. The lowest BCUT2D eigenvalue weighted by molar-refractivity contribution is 0.0585. The van der Waals surface area contributed by atoms with Crippen molar-refractivity contribution in [2.75, 3.05) is 40.0 Å². The van der Waals surface area contributed by atoms with Gasteiger partial charge in [-0.1, -0.05) is 13.8 Å². The van der Waals surface area contributed by atoms with Gasteiger partial charge in [-0.3, -0.25) is 0 Å². The number of methoxy groups -OCH3 is 1. The van der Waals surface area contributed by atoms with E-state index in [2.05, 4.69) is 19.2 Å². The third-order valence-corrected chi connectivity index (χ3v) is 1.89. The van der Waals surface area contributed by atoms with Crippen LogP contribution in [0.5, 0.6) is 0 Å². The fourth-order valence-corrected chi connectivity index (χ4v) is 1.13. The van der Waals surface area contributed by atoms with E-state index in [1.165, 1.54) is 0 Å². The second-order valence-electron chi connectivity index (χ2n) is 4.12. The first kappa shape index (κ1) is 14.8. The van der Waals surface area contributed by atoms with Gasteiger partial charge in [0, 0.05) is 20.3 Å². The van der Waals surface area contributed by atoms with Crippen LogP contribution < -0.4 is 5.32 Å². The summed E-state index contributed by atoms with van der Waals surface area (Å²) in [6, 6.07) is 0. The van der Waals surface area contributed by atoms with Gasteiger partial charge in [-0.2, -0.15) is 0 Å². The molecule has 0 aliphatic carbocycles. The van der Waals surface area contributed by atoms with Crippen molar-refractivity contribution in [2.24, 2.45) is 5.92 Å². The summed E-state index contributed by atoms with van der Waals surface area (Å²) in [6.07, 6.45) is 0.358. The predicted octanol–water partition coefficient (Wildman–Crippen LogP) is 0.646. The summed E-state index contributed by atoms with van der Waals surface area (Å²) < 4.78 is 10.2. The van der Waals surface area contributed by atoms with Gasteiger partial charge in [0.1, 0.15) is 0 Å². The normalized spacial score (nSPS) is 13.4. The van der Waals surface area contributed by atoms with E-state index >= 15 is 0 Å². The molecule has 0 bridgehead atoms. The lowest BCUT2D eigenvalue weighted by Crippen LogP contribution is -2.26. The van der Waals surface area contributed by atoms with E-state index in [1.54, 1.807) is 7.11 Å². The van der Waals surface area contributed by atoms with Crippen LogP contribution in [-0.4, -0.2) is 51.2 Å². The van der Waals surface area contributed by atoms with Crippen molar-refractivity contribution in [3.8, 4) is 0 Å². The van der Waals surface area contributed by atoms with E-state index in [4.69, 9.17) is 9.47 Å². The number of nitrogens with one attached hydrogen (secondary N) is 1. The van der Waals surface area contributed by atoms with Crippen LogP contribution in [0.3, 0.4) is 0 Å². The maximum absolute atomic E-state index is 9.33. The highest BCUT2D eigenvalue weighted by Crippen LogP contribution is 1.92. The topological polar surface area (TPSA) is 50.7 Å². The fraction of sp³-hybridized carbons (Fsp3) is 1.00. The van der Waals surface area contributed by atoms with E-state index in [0.29, 0.717) is 12.5 Å². The number of hydrogen-bond acceptors (Lipinski definition) is 4. The van der Waals surface area contributed by atoms with Gasteiger partial charge in [0.05, 0.1) is 19.3 Å². The van der Waals surface area contributed by atoms with Gasteiger partial charge in [-0.15, -0.1) is 0 Å². The molecule has 0 aromatic carbocycles. The molecule has 0 aromatic rings. The zero-order valence-corrected chi connectivity index (χ0v) is 10.2. The highest BCUT2D eigenvalue weighted by molar-refractivity contribution is 4.56. The van der Waals surface area contributed by atoms with Crippen molar-refractivity contribution in [3.05, 3.63) is 0 Å². The quantitative estimate of drug-likeness (QED) is 0.530. The lowest BCUT2D eigenvalue weighted by atomic mass is 10.2. The molecule has 0 fully saturated rings. The molecule has 2 N–H and O–H groups in total. The molecule has 0 aliphatic rings. The molecule has 1 atom stereocenters. The lowest BCUT2D eigenvalue weighted by Gasteiger charge is -2.10.